The van der Waals surface area contributed by atoms with Crippen molar-refractivity contribution >= 4 is 17.3 Å². The number of nitrogens with zero attached hydrogens (tertiary/aromatic N) is 2. The minimum absolute atomic E-state index is 0.0343. The van der Waals surface area contributed by atoms with Gasteiger partial charge in [0.25, 0.3) is 5.91 Å². The van der Waals surface area contributed by atoms with Crippen molar-refractivity contribution < 1.29 is 4.79 Å². The van der Waals surface area contributed by atoms with E-state index in [0.717, 1.165) is 39.0 Å². The summed E-state index contributed by atoms with van der Waals surface area (Å²) >= 11 is 0. The summed E-state index contributed by atoms with van der Waals surface area (Å²) in [6.07, 6.45) is 2.07. The maximum atomic E-state index is 12.5. The third kappa shape index (κ3) is 3.67. The summed E-state index contributed by atoms with van der Waals surface area (Å²) in [5.41, 5.74) is 13.2. The quantitative estimate of drug-likeness (QED) is 0.829. The Balaban J connectivity index is 2.00. The molecule has 0 radical (unpaired) electrons. The number of nitrogen functional groups attached to an aromatic ring is 2. The molecule has 0 bridgehead atoms. The summed E-state index contributed by atoms with van der Waals surface area (Å²) in [4.78, 5) is 16.9. The molecule has 1 aliphatic rings. The van der Waals surface area contributed by atoms with Gasteiger partial charge in [0, 0.05) is 36.1 Å². The first kappa shape index (κ1) is 15.6. The monoisotopic (exact) mass is 290 g/mol. The van der Waals surface area contributed by atoms with Crippen molar-refractivity contribution in [2.75, 3.05) is 37.6 Å². The van der Waals surface area contributed by atoms with Gasteiger partial charge in [-0.05, 0) is 44.1 Å². The van der Waals surface area contributed by atoms with Gasteiger partial charge in [-0.15, -0.1) is 0 Å². The summed E-state index contributed by atoms with van der Waals surface area (Å²) < 4.78 is 0. The molecule has 1 aliphatic heterocycles. The van der Waals surface area contributed by atoms with Crippen molar-refractivity contribution in [2.45, 2.75) is 32.7 Å². The highest BCUT2D eigenvalue weighted by Crippen LogP contribution is 2.20. The van der Waals surface area contributed by atoms with Gasteiger partial charge in [-0.2, -0.15) is 0 Å². The van der Waals surface area contributed by atoms with Crippen LogP contribution in [-0.2, 0) is 0 Å². The van der Waals surface area contributed by atoms with Gasteiger partial charge >= 0.3 is 0 Å². The predicted molar refractivity (Wildman–Crippen MR) is 87.1 cm³/mol. The molecule has 21 heavy (non-hydrogen) atoms. The number of benzene rings is 1. The lowest BCUT2D eigenvalue weighted by Gasteiger charge is -2.37. The number of likely N-dealkylation sites (tertiary alicyclic amines) is 1. The molecule has 2 rings (SSSR count). The number of nitrogens with two attached hydrogens (primary N) is 2. The van der Waals surface area contributed by atoms with Crippen LogP contribution in [-0.4, -0.2) is 47.9 Å². The van der Waals surface area contributed by atoms with Crippen LogP contribution in [0.3, 0.4) is 0 Å². The fourth-order valence-electron chi connectivity index (χ4n) is 3.16. The molecule has 116 valence electrons. The third-order valence-electron chi connectivity index (χ3n) is 4.31. The number of hydrogen-bond donors (Lipinski definition) is 2. The zero-order valence-electron chi connectivity index (χ0n) is 13.0. The molecule has 1 heterocycles. The maximum Gasteiger partial charge on any atom is 0.254 e. The average molecular weight is 290 g/mol. The highest BCUT2D eigenvalue weighted by atomic mass is 16.2. The molecule has 4 N–H and O–H groups in total. The first-order valence-electron chi connectivity index (χ1n) is 7.74. The second-order valence-electron chi connectivity index (χ2n) is 5.63. The highest BCUT2D eigenvalue weighted by molar-refractivity contribution is 5.96. The molecule has 1 aromatic carbocycles. The Morgan fingerprint density at radius 1 is 1.14 bits per heavy atom. The van der Waals surface area contributed by atoms with E-state index in [-0.39, 0.29) is 5.91 Å². The molecule has 0 spiro atoms. The molecule has 5 heteroatoms. The Morgan fingerprint density at radius 3 is 2.14 bits per heavy atom. The van der Waals surface area contributed by atoms with Crippen LogP contribution in [0.4, 0.5) is 11.4 Å². The summed E-state index contributed by atoms with van der Waals surface area (Å²) in [6, 6.07) is 5.67. The van der Waals surface area contributed by atoms with E-state index in [4.69, 9.17) is 11.5 Å². The molecule has 0 aromatic heterocycles. The van der Waals surface area contributed by atoms with E-state index in [1.165, 1.54) is 0 Å². The molecule has 0 aliphatic carbocycles. The van der Waals surface area contributed by atoms with Crippen LogP contribution in [0.5, 0.6) is 0 Å². The minimum Gasteiger partial charge on any atom is -0.399 e. The van der Waals surface area contributed by atoms with Gasteiger partial charge in [0.05, 0.1) is 0 Å². The first-order valence-corrected chi connectivity index (χ1v) is 7.74. The van der Waals surface area contributed by atoms with Gasteiger partial charge in [-0.1, -0.05) is 13.8 Å². The van der Waals surface area contributed by atoms with Gasteiger partial charge in [-0.25, -0.2) is 0 Å². The van der Waals surface area contributed by atoms with E-state index in [2.05, 4.69) is 18.7 Å². The topological polar surface area (TPSA) is 75.6 Å². The second-order valence-corrected chi connectivity index (χ2v) is 5.63. The van der Waals surface area contributed by atoms with E-state index in [9.17, 15) is 4.79 Å². The fourth-order valence-corrected chi connectivity index (χ4v) is 3.16. The number of carbonyl (C=O) groups excluding carboxylic acids is 1. The normalized spacial score (nSPS) is 16.4. The second kappa shape index (κ2) is 6.80. The Labute approximate surface area is 126 Å². The maximum absolute atomic E-state index is 12.5. The number of anilines is 2. The zero-order valence-corrected chi connectivity index (χ0v) is 13.0. The summed E-state index contributed by atoms with van der Waals surface area (Å²) in [5, 5.41) is 0. The molecule has 1 saturated heterocycles. The SMILES string of the molecule is CCN(CC)C1CCN(C(=O)c2cc(N)cc(N)c2)CC1. The van der Waals surface area contributed by atoms with Crippen LogP contribution in [0.2, 0.25) is 0 Å². The molecule has 1 amide bonds. The lowest BCUT2D eigenvalue weighted by atomic mass is 10.0. The number of rotatable bonds is 4. The minimum atomic E-state index is 0.0343. The fraction of sp³-hybridized carbons (Fsp3) is 0.562. The van der Waals surface area contributed by atoms with Crippen LogP contribution in [0.1, 0.15) is 37.0 Å². The summed E-state index contributed by atoms with van der Waals surface area (Å²) in [5.74, 6) is 0.0343. The van der Waals surface area contributed by atoms with E-state index in [1.807, 2.05) is 4.90 Å². The number of amides is 1. The largest absolute Gasteiger partial charge is 0.399 e. The molecule has 0 atom stereocenters. The summed E-state index contributed by atoms with van der Waals surface area (Å²) in [6.45, 7) is 8.12. The first-order chi connectivity index (χ1) is 10.0. The van der Waals surface area contributed by atoms with Crippen LogP contribution in [0.15, 0.2) is 18.2 Å². The Hall–Kier alpha value is -1.75. The van der Waals surface area contributed by atoms with Crippen molar-refractivity contribution in [3.8, 4) is 0 Å². The number of piperidine rings is 1. The van der Waals surface area contributed by atoms with Crippen LogP contribution < -0.4 is 11.5 Å². The molecule has 1 aromatic rings. The Morgan fingerprint density at radius 2 is 1.67 bits per heavy atom. The van der Waals surface area contributed by atoms with Crippen LogP contribution in [0.25, 0.3) is 0 Å². The van der Waals surface area contributed by atoms with E-state index < -0.39 is 0 Å². The van der Waals surface area contributed by atoms with Gasteiger partial charge < -0.3 is 21.3 Å². The number of carbonyl (C=O) groups is 1. The lowest BCUT2D eigenvalue weighted by molar-refractivity contribution is 0.0631. The standard InChI is InChI=1S/C16H26N4O/c1-3-19(4-2)15-5-7-20(8-6-15)16(21)12-9-13(17)11-14(18)10-12/h9-11,15H,3-8,17-18H2,1-2H3. The molecule has 5 nitrogen and oxygen atoms in total. The molecular weight excluding hydrogens is 264 g/mol. The highest BCUT2D eigenvalue weighted by Gasteiger charge is 2.26. The van der Waals surface area contributed by atoms with Crippen molar-refractivity contribution in [3.05, 3.63) is 23.8 Å². The van der Waals surface area contributed by atoms with Gasteiger partial charge in [-0.3, -0.25) is 4.79 Å². The van der Waals surface area contributed by atoms with Crippen molar-refractivity contribution in [1.29, 1.82) is 0 Å². The Bertz CT molecular complexity index is 471. The van der Waals surface area contributed by atoms with Crippen LogP contribution >= 0.6 is 0 Å². The van der Waals surface area contributed by atoms with Crippen molar-refractivity contribution in [3.63, 3.8) is 0 Å². The van der Waals surface area contributed by atoms with E-state index in [1.54, 1.807) is 18.2 Å². The average Bonchev–Trinajstić information content (AvgIpc) is 2.47. The van der Waals surface area contributed by atoms with Crippen molar-refractivity contribution in [2.24, 2.45) is 0 Å². The van der Waals surface area contributed by atoms with Crippen LogP contribution in [0, 0.1) is 0 Å². The summed E-state index contributed by atoms with van der Waals surface area (Å²) in [7, 11) is 0. The van der Waals surface area contributed by atoms with Gasteiger partial charge in [0.1, 0.15) is 0 Å². The molecular formula is C16H26N4O. The Kier molecular flexibility index (Phi) is 5.07. The van der Waals surface area contributed by atoms with Crippen molar-refractivity contribution in [1.82, 2.24) is 9.80 Å². The molecule has 1 fully saturated rings. The zero-order chi connectivity index (χ0) is 15.4. The third-order valence-corrected chi connectivity index (χ3v) is 4.31. The number of hydrogen-bond acceptors (Lipinski definition) is 4. The van der Waals surface area contributed by atoms with E-state index >= 15 is 0 Å². The van der Waals surface area contributed by atoms with Gasteiger partial charge in [0.2, 0.25) is 0 Å². The lowest BCUT2D eigenvalue weighted by Crippen LogP contribution is -2.46. The smallest absolute Gasteiger partial charge is 0.254 e. The van der Waals surface area contributed by atoms with Gasteiger partial charge in [0.15, 0.2) is 0 Å². The molecule has 0 unspecified atom stereocenters. The van der Waals surface area contributed by atoms with E-state index in [0.29, 0.717) is 23.0 Å². The molecule has 0 saturated carbocycles. The predicted octanol–water partition coefficient (Wildman–Crippen LogP) is 1.80.